The van der Waals surface area contributed by atoms with Gasteiger partial charge in [-0.05, 0) is 89.9 Å². The zero-order valence-corrected chi connectivity index (χ0v) is 41.4. The van der Waals surface area contributed by atoms with Crippen LogP contribution in [0.15, 0.2) is 85.1 Å². The number of quaternary nitrogens is 1. The van der Waals surface area contributed by atoms with Crippen molar-refractivity contribution >= 4 is 17.9 Å². The van der Waals surface area contributed by atoms with Crippen molar-refractivity contribution in [3.8, 4) is 0 Å². The maximum absolute atomic E-state index is 12.8. The Morgan fingerprint density at radius 3 is 1.33 bits per heavy atom. The average molecular weight is 897 g/mol. The molecule has 9 heteroatoms. The second kappa shape index (κ2) is 46.0. The van der Waals surface area contributed by atoms with Crippen molar-refractivity contribution in [3.05, 3.63) is 85.1 Å². The summed E-state index contributed by atoms with van der Waals surface area (Å²) in [6, 6.07) is 0. The van der Waals surface area contributed by atoms with Gasteiger partial charge in [0.1, 0.15) is 13.2 Å². The van der Waals surface area contributed by atoms with Crippen molar-refractivity contribution in [2.75, 3.05) is 47.5 Å². The normalized spacial score (nSPS) is 13.6. The predicted octanol–water partition coefficient (Wildman–Crippen LogP) is 14.1. The number of carbonyl (C=O) groups excluding carboxylic acids is 2. The summed E-state index contributed by atoms with van der Waals surface area (Å²) >= 11 is 0. The molecule has 64 heavy (non-hydrogen) atoms. The van der Waals surface area contributed by atoms with Crippen LogP contribution in [0.3, 0.4) is 0 Å². The zero-order chi connectivity index (χ0) is 47.0. The standard InChI is InChI=1S/C55H93NO8/c1-6-8-10-12-14-16-18-20-22-24-26-27-28-30-32-34-36-38-40-42-44-46-53(58)64-51(50-63-55(54(59)60)61-48-47-56(3,4)5)49-62-52(57)45-43-41-39-37-35-33-31-29-25-23-21-19-17-15-13-11-9-7-2/h8,10,14,16-17,19-20,22-23,25-27,30,32,51,55H,6-7,9,11-13,15,18,21,24,28-29,31,33-50H2,1-5H3/p+1/b10-8-,16-14-,19-17-,22-20-,25-23-,27-26-,32-30-. The molecule has 0 saturated heterocycles. The van der Waals surface area contributed by atoms with E-state index in [9.17, 15) is 19.5 Å². The fraction of sp³-hybridized carbons (Fsp3) is 0.691. The molecule has 0 aliphatic carbocycles. The lowest BCUT2D eigenvalue weighted by Crippen LogP contribution is -2.40. The number of esters is 2. The van der Waals surface area contributed by atoms with Crippen LogP contribution in [0.1, 0.15) is 187 Å². The predicted molar refractivity (Wildman–Crippen MR) is 267 cm³/mol. The Hall–Kier alpha value is -3.53. The molecular weight excluding hydrogens is 803 g/mol. The van der Waals surface area contributed by atoms with Gasteiger partial charge in [0.05, 0.1) is 34.4 Å². The van der Waals surface area contributed by atoms with Gasteiger partial charge in [0, 0.05) is 12.8 Å². The van der Waals surface area contributed by atoms with E-state index in [0.29, 0.717) is 17.4 Å². The highest BCUT2D eigenvalue weighted by atomic mass is 16.7. The van der Waals surface area contributed by atoms with Gasteiger partial charge in [0.25, 0.3) is 6.29 Å². The second-order valence-electron chi connectivity index (χ2n) is 17.7. The highest BCUT2D eigenvalue weighted by Gasteiger charge is 2.25. The Kier molecular flexibility index (Phi) is 43.5. The topological polar surface area (TPSA) is 108 Å². The van der Waals surface area contributed by atoms with E-state index in [0.717, 1.165) is 103 Å². The van der Waals surface area contributed by atoms with Crippen molar-refractivity contribution in [2.45, 2.75) is 200 Å². The summed E-state index contributed by atoms with van der Waals surface area (Å²) in [5.74, 6) is -2.05. The smallest absolute Gasteiger partial charge is 0.361 e. The van der Waals surface area contributed by atoms with Gasteiger partial charge < -0.3 is 28.5 Å². The Morgan fingerprint density at radius 2 is 0.891 bits per heavy atom. The monoisotopic (exact) mass is 897 g/mol. The van der Waals surface area contributed by atoms with Gasteiger partial charge >= 0.3 is 17.9 Å². The number of hydrogen-bond donors (Lipinski definition) is 1. The van der Waals surface area contributed by atoms with Gasteiger partial charge in [-0.1, -0.05) is 170 Å². The molecule has 0 aromatic rings. The van der Waals surface area contributed by atoms with Crippen LogP contribution in [0, 0.1) is 0 Å². The average Bonchev–Trinajstić information content (AvgIpc) is 3.26. The summed E-state index contributed by atoms with van der Waals surface area (Å²) in [4.78, 5) is 37.3. The van der Waals surface area contributed by atoms with Crippen molar-refractivity contribution in [2.24, 2.45) is 0 Å². The molecule has 0 bridgehead atoms. The van der Waals surface area contributed by atoms with Gasteiger partial charge in [-0.3, -0.25) is 9.59 Å². The van der Waals surface area contributed by atoms with Crippen LogP contribution in [0.4, 0.5) is 0 Å². The van der Waals surface area contributed by atoms with Gasteiger partial charge in [0.15, 0.2) is 6.10 Å². The van der Waals surface area contributed by atoms with E-state index in [4.69, 9.17) is 18.9 Å². The minimum atomic E-state index is -1.52. The first kappa shape index (κ1) is 60.5. The summed E-state index contributed by atoms with van der Waals surface area (Å²) in [5.41, 5.74) is 0. The summed E-state index contributed by atoms with van der Waals surface area (Å²) in [5, 5.41) is 9.67. The van der Waals surface area contributed by atoms with Crippen LogP contribution >= 0.6 is 0 Å². The lowest BCUT2D eigenvalue weighted by molar-refractivity contribution is -0.870. The highest BCUT2D eigenvalue weighted by molar-refractivity contribution is 5.71. The number of likely N-dealkylation sites (N-methyl/N-ethyl adjacent to an activating group) is 1. The molecule has 9 nitrogen and oxygen atoms in total. The fourth-order valence-electron chi connectivity index (χ4n) is 6.48. The lowest BCUT2D eigenvalue weighted by atomic mass is 10.1. The fourth-order valence-corrected chi connectivity index (χ4v) is 6.48. The van der Waals surface area contributed by atoms with Crippen LogP contribution < -0.4 is 0 Å². The largest absolute Gasteiger partial charge is 0.477 e. The molecule has 0 amide bonds. The molecule has 0 spiro atoms. The van der Waals surface area contributed by atoms with E-state index < -0.39 is 24.3 Å². The first-order valence-corrected chi connectivity index (χ1v) is 25.3. The molecule has 1 N–H and O–H groups in total. The van der Waals surface area contributed by atoms with Gasteiger partial charge in [0.2, 0.25) is 0 Å². The summed E-state index contributed by atoms with van der Waals surface area (Å²) in [6.45, 7) is 4.70. The van der Waals surface area contributed by atoms with Gasteiger partial charge in [-0.15, -0.1) is 0 Å². The minimum Gasteiger partial charge on any atom is -0.477 e. The molecule has 0 rings (SSSR count). The molecule has 0 saturated carbocycles. The van der Waals surface area contributed by atoms with Crippen LogP contribution in [0.25, 0.3) is 0 Å². The van der Waals surface area contributed by atoms with Crippen LogP contribution in [-0.4, -0.2) is 87.4 Å². The number of aliphatic carboxylic acids is 1. The van der Waals surface area contributed by atoms with E-state index in [-0.39, 0.29) is 38.6 Å². The van der Waals surface area contributed by atoms with Crippen LogP contribution in [0.5, 0.6) is 0 Å². The quantitative estimate of drug-likeness (QED) is 0.0212. The Morgan fingerprint density at radius 1 is 0.484 bits per heavy atom. The summed E-state index contributed by atoms with van der Waals surface area (Å²) in [7, 11) is 5.94. The number of carboxylic acids is 1. The molecule has 0 aliphatic rings. The molecule has 2 unspecified atom stereocenters. The van der Waals surface area contributed by atoms with Crippen molar-refractivity contribution in [1.29, 1.82) is 0 Å². The third kappa shape index (κ3) is 46.5. The third-order valence-corrected chi connectivity index (χ3v) is 10.4. The van der Waals surface area contributed by atoms with E-state index in [1.807, 2.05) is 21.1 Å². The first-order chi connectivity index (χ1) is 31.1. The third-order valence-electron chi connectivity index (χ3n) is 10.4. The SMILES string of the molecule is CC/C=C\C/C=C\C/C=C\C/C=C\C/C=C\CCCCCCCC(=O)OC(COC(=O)CCCCCCCCC/C=C\C/C=C\CCCCCC)COC(OCC[N+](C)(C)C)C(=O)O. The van der Waals surface area contributed by atoms with E-state index in [1.54, 1.807) is 0 Å². The maximum Gasteiger partial charge on any atom is 0.361 e. The molecular formula is C55H94NO8+. The number of carbonyl (C=O) groups is 3. The van der Waals surface area contributed by atoms with Crippen molar-refractivity contribution < 1.29 is 42.9 Å². The number of unbranched alkanes of at least 4 members (excludes halogenated alkanes) is 16. The number of carboxylic acid groups (broad SMARTS) is 1. The van der Waals surface area contributed by atoms with E-state index >= 15 is 0 Å². The van der Waals surface area contributed by atoms with Gasteiger partial charge in [-0.2, -0.15) is 0 Å². The molecule has 0 fully saturated rings. The van der Waals surface area contributed by atoms with Crippen LogP contribution in [-0.2, 0) is 33.3 Å². The van der Waals surface area contributed by atoms with Crippen molar-refractivity contribution in [3.63, 3.8) is 0 Å². The number of allylic oxidation sites excluding steroid dienone is 14. The van der Waals surface area contributed by atoms with E-state index in [2.05, 4.69) is 98.9 Å². The Balaban J connectivity index is 4.44. The number of nitrogens with zero attached hydrogens (tertiary/aromatic N) is 1. The lowest BCUT2D eigenvalue weighted by Gasteiger charge is -2.25. The molecule has 0 heterocycles. The second-order valence-corrected chi connectivity index (χ2v) is 17.7. The molecule has 366 valence electrons. The Labute approximate surface area is 391 Å². The maximum atomic E-state index is 12.8. The molecule has 0 aromatic carbocycles. The number of hydrogen-bond acceptors (Lipinski definition) is 7. The summed E-state index contributed by atoms with van der Waals surface area (Å²) < 4.78 is 22.8. The van der Waals surface area contributed by atoms with Gasteiger partial charge in [-0.25, -0.2) is 4.79 Å². The molecule has 0 radical (unpaired) electrons. The van der Waals surface area contributed by atoms with Crippen molar-refractivity contribution in [1.82, 2.24) is 0 Å². The highest BCUT2D eigenvalue weighted by Crippen LogP contribution is 2.13. The number of rotatable bonds is 45. The van der Waals surface area contributed by atoms with E-state index in [1.165, 1.54) is 51.4 Å². The first-order valence-electron chi connectivity index (χ1n) is 25.3. The Bertz CT molecular complexity index is 1320. The minimum absolute atomic E-state index is 0.178. The number of ether oxygens (including phenoxy) is 4. The molecule has 0 aromatic heterocycles. The summed E-state index contributed by atoms with van der Waals surface area (Å²) in [6.07, 6.45) is 56.4. The molecule has 2 atom stereocenters. The molecule has 0 aliphatic heterocycles. The zero-order valence-electron chi connectivity index (χ0n) is 41.4. The van der Waals surface area contributed by atoms with Crippen LogP contribution in [0.2, 0.25) is 0 Å².